The lowest BCUT2D eigenvalue weighted by Crippen LogP contribution is -2.06. The molecule has 2 aromatic carbocycles. The zero-order chi connectivity index (χ0) is 19.2. The van der Waals surface area contributed by atoms with E-state index in [-0.39, 0.29) is 11.7 Å². The third-order valence-corrected chi connectivity index (χ3v) is 3.54. The lowest BCUT2D eigenvalue weighted by Gasteiger charge is -2.09. The van der Waals surface area contributed by atoms with Crippen LogP contribution in [0, 0.1) is 0 Å². The van der Waals surface area contributed by atoms with Crippen molar-refractivity contribution in [3.63, 3.8) is 0 Å². The summed E-state index contributed by atoms with van der Waals surface area (Å²) in [6.45, 7) is 2.96. The van der Waals surface area contributed by atoms with Gasteiger partial charge in [0.15, 0.2) is 11.6 Å². The van der Waals surface area contributed by atoms with E-state index in [2.05, 4.69) is 31.1 Å². The lowest BCUT2D eigenvalue weighted by molar-refractivity contribution is -0.114. The molecule has 1 aromatic heterocycles. The maximum absolute atomic E-state index is 11.5. The zero-order valence-corrected chi connectivity index (χ0v) is 14.9. The molecule has 0 atom stereocenters. The summed E-state index contributed by atoms with van der Waals surface area (Å²) in [5.41, 5.74) is 2.70. The highest BCUT2D eigenvalue weighted by Crippen LogP contribution is 2.20. The molecule has 0 fully saturated rings. The van der Waals surface area contributed by atoms with Crippen LogP contribution in [0.25, 0.3) is 0 Å². The second-order valence-electron chi connectivity index (χ2n) is 5.81. The van der Waals surface area contributed by atoms with Crippen LogP contribution in [-0.4, -0.2) is 26.9 Å². The summed E-state index contributed by atoms with van der Waals surface area (Å²) in [7, 11) is 0. The highest BCUT2D eigenvalue weighted by molar-refractivity contribution is 5.95. The van der Waals surface area contributed by atoms with Gasteiger partial charge in [-0.2, -0.15) is 10.1 Å². The van der Waals surface area contributed by atoms with Crippen LogP contribution < -0.4 is 16.0 Å². The largest absolute Gasteiger partial charge is 0.339 e. The molecule has 0 aliphatic rings. The molecule has 0 radical (unpaired) electrons. The van der Waals surface area contributed by atoms with Gasteiger partial charge in [-0.05, 0) is 37.3 Å². The van der Waals surface area contributed by atoms with Gasteiger partial charge in [0.05, 0.1) is 6.20 Å². The third kappa shape index (κ3) is 5.08. The highest BCUT2D eigenvalue weighted by atomic mass is 16.1. The summed E-state index contributed by atoms with van der Waals surface area (Å²) in [5, 5.41) is 16.7. The van der Waals surface area contributed by atoms with E-state index in [9.17, 15) is 9.59 Å². The third-order valence-electron chi connectivity index (χ3n) is 3.54. The van der Waals surface area contributed by atoms with Crippen molar-refractivity contribution in [1.82, 2.24) is 15.2 Å². The van der Waals surface area contributed by atoms with Gasteiger partial charge in [0.25, 0.3) is 0 Å². The molecule has 8 nitrogen and oxygen atoms in total. The Labute approximate surface area is 156 Å². The fraction of sp³-hybridized carbons (Fsp3) is 0.105. The predicted molar refractivity (Wildman–Crippen MR) is 104 cm³/mol. The molecule has 0 spiro atoms. The summed E-state index contributed by atoms with van der Waals surface area (Å²) < 4.78 is 0. The van der Waals surface area contributed by atoms with Gasteiger partial charge >= 0.3 is 0 Å². The number of nitrogens with zero attached hydrogens (tertiary/aromatic N) is 3. The number of carbonyl (C=O) groups is 2. The van der Waals surface area contributed by atoms with Crippen molar-refractivity contribution in [2.45, 2.75) is 13.8 Å². The van der Waals surface area contributed by atoms with Crippen LogP contribution >= 0.6 is 0 Å². The van der Waals surface area contributed by atoms with E-state index in [1.54, 1.807) is 36.4 Å². The quantitative estimate of drug-likeness (QED) is 0.576. The molecule has 27 heavy (non-hydrogen) atoms. The molecular weight excluding hydrogens is 344 g/mol. The van der Waals surface area contributed by atoms with E-state index in [0.29, 0.717) is 28.7 Å². The first-order valence-corrected chi connectivity index (χ1v) is 8.22. The minimum absolute atomic E-state index is 0.0131. The second-order valence-corrected chi connectivity index (χ2v) is 5.81. The van der Waals surface area contributed by atoms with Gasteiger partial charge in [-0.1, -0.05) is 18.2 Å². The van der Waals surface area contributed by atoms with Crippen LogP contribution in [0.5, 0.6) is 0 Å². The standard InChI is InChI=1S/C19H18N6O2/c1-12(26)14-5-3-6-15(9-14)22-18-11-20-25-19(24-18)23-17-8-4-7-16(10-17)21-13(2)27/h3-11H,1-2H3,(H,21,27)(H2,22,23,24,25). The van der Waals surface area contributed by atoms with Crippen LogP contribution in [0.4, 0.5) is 28.8 Å². The normalized spacial score (nSPS) is 10.1. The minimum atomic E-state index is -0.149. The fourth-order valence-corrected chi connectivity index (χ4v) is 2.39. The Hall–Kier alpha value is -3.81. The van der Waals surface area contributed by atoms with Gasteiger partial charge in [-0.3, -0.25) is 9.59 Å². The predicted octanol–water partition coefficient (Wildman–Crippen LogP) is 3.52. The summed E-state index contributed by atoms with van der Waals surface area (Å²) in [5.74, 6) is 0.610. The van der Waals surface area contributed by atoms with Crippen molar-refractivity contribution in [3.05, 3.63) is 60.3 Å². The van der Waals surface area contributed by atoms with E-state index < -0.39 is 0 Å². The number of benzene rings is 2. The van der Waals surface area contributed by atoms with Crippen LogP contribution in [0.15, 0.2) is 54.7 Å². The molecule has 0 unspecified atom stereocenters. The van der Waals surface area contributed by atoms with Crippen LogP contribution in [-0.2, 0) is 4.79 Å². The van der Waals surface area contributed by atoms with Crippen molar-refractivity contribution in [2.75, 3.05) is 16.0 Å². The Morgan fingerprint density at radius 2 is 1.59 bits per heavy atom. The molecule has 3 N–H and O–H groups in total. The maximum Gasteiger partial charge on any atom is 0.249 e. The van der Waals surface area contributed by atoms with Gasteiger partial charge in [0.2, 0.25) is 11.9 Å². The van der Waals surface area contributed by atoms with Crippen molar-refractivity contribution in [3.8, 4) is 0 Å². The van der Waals surface area contributed by atoms with Crippen molar-refractivity contribution >= 4 is 40.5 Å². The molecule has 0 aliphatic heterocycles. The minimum Gasteiger partial charge on any atom is -0.339 e. The summed E-state index contributed by atoms with van der Waals surface area (Å²) in [6.07, 6.45) is 1.49. The molecule has 3 rings (SSSR count). The zero-order valence-electron chi connectivity index (χ0n) is 14.9. The van der Waals surface area contributed by atoms with Crippen LogP contribution in [0.3, 0.4) is 0 Å². The lowest BCUT2D eigenvalue weighted by atomic mass is 10.1. The topological polar surface area (TPSA) is 109 Å². The maximum atomic E-state index is 11.5. The monoisotopic (exact) mass is 362 g/mol. The van der Waals surface area contributed by atoms with E-state index in [0.717, 1.165) is 5.69 Å². The Kier molecular flexibility index (Phi) is 5.36. The average Bonchev–Trinajstić information content (AvgIpc) is 2.62. The number of aromatic nitrogens is 3. The van der Waals surface area contributed by atoms with Gasteiger partial charge in [-0.15, -0.1) is 5.10 Å². The summed E-state index contributed by atoms with van der Waals surface area (Å²) in [6, 6.07) is 14.3. The number of carbonyl (C=O) groups excluding carboxylic acids is 2. The molecule has 0 saturated heterocycles. The van der Waals surface area contributed by atoms with Crippen molar-refractivity contribution in [1.29, 1.82) is 0 Å². The number of hydrogen-bond donors (Lipinski definition) is 3. The smallest absolute Gasteiger partial charge is 0.249 e. The first-order valence-electron chi connectivity index (χ1n) is 8.22. The summed E-state index contributed by atoms with van der Waals surface area (Å²) in [4.78, 5) is 27.0. The molecule has 136 valence electrons. The molecular formula is C19H18N6O2. The SMILES string of the molecule is CC(=O)Nc1cccc(Nc2nncc(Nc3cccc(C(C)=O)c3)n2)c1. The number of ketones is 1. The number of hydrogen-bond acceptors (Lipinski definition) is 7. The first kappa shape index (κ1) is 18.0. The number of Topliss-reactive ketones (excluding diaryl/α,β-unsaturated/α-hetero) is 1. The number of rotatable bonds is 6. The van der Waals surface area contributed by atoms with Crippen molar-refractivity contribution < 1.29 is 9.59 Å². The number of nitrogens with one attached hydrogen (secondary N) is 3. The molecule has 0 saturated carbocycles. The first-order chi connectivity index (χ1) is 13.0. The molecule has 0 bridgehead atoms. The average molecular weight is 362 g/mol. The van der Waals surface area contributed by atoms with Gasteiger partial charge < -0.3 is 16.0 Å². The van der Waals surface area contributed by atoms with Gasteiger partial charge in [0.1, 0.15) is 0 Å². The highest BCUT2D eigenvalue weighted by Gasteiger charge is 2.05. The Morgan fingerprint density at radius 3 is 2.33 bits per heavy atom. The van der Waals surface area contributed by atoms with Crippen molar-refractivity contribution in [2.24, 2.45) is 0 Å². The van der Waals surface area contributed by atoms with E-state index in [1.165, 1.54) is 20.0 Å². The van der Waals surface area contributed by atoms with Crippen LogP contribution in [0.2, 0.25) is 0 Å². The Balaban J connectivity index is 1.75. The Bertz CT molecular complexity index is 989. The fourth-order valence-electron chi connectivity index (χ4n) is 2.39. The number of amides is 1. The van der Waals surface area contributed by atoms with Gasteiger partial charge in [-0.25, -0.2) is 0 Å². The molecule has 1 heterocycles. The molecule has 1 amide bonds. The van der Waals surface area contributed by atoms with Gasteiger partial charge in [0, 0.05) is 29.5 Å². The second kappa shape index (κ2) is 8.05. The molecule has 8 heteroatoms. The molecule has 0 aliphatic carbocycles. The van der Waals surface area contributed by atoms with E-state index in [1.807, 2.05) is 12.1 Å². The Morgan fingerprint density at radius 1 is 0.889 bits per heavy atom. The van der Waals surface area contributed by atoms with E-state index >= 15 is 0 Å². The molecule has 3 aromatic rings. The number of anilines is 5. The van der Waals surface area contributed by atoms with Crippen LogP contribution in [0.1, 0.15) is 24.2 Å². The summed E-state index contributed by atoms with van der Waals surface area (Å²) >= 11 is 0. The van der Waals surface area contributed by atoms with E-state index in [4.69, 9.17) is 0 Å².